The van der Waals surface area contributed by atoms with E-state index in [-0.39, 0.29) is 27.8 Å². The molecule has 4 aromatic rings. The van der Waals surface area contributed by atoms with E-state index in [1.807, 2.05) is 0 Å². The van der Waals surface area contributed by atoms with E-state index in [1.54, 1.807) is 0 Å². The van der Waals surface area contributed by atoms with E-state index in [9.17, 15) is 4.79 Å². The third-order valence-corrected chi connectivity index (χ3v) is 21.3. The summed E-state index contributed by atoms with van der Waals surface area (Å²) >= 11 is 0. The van der Waals surface area contributed by atoms with E-state index in [0.29, 0.717) is 24.9 Å². The Labute approximate surface area is 297 Å². The molecule has 0 unspecified atom stereocenters. The lowest BCUT2D eigenvalue weighted by molar-refractivity contribution is -0.137. The van der Waals surface area contributed by atoms with Gasteiger partial charge >= 0.3 is 0 Å². The predicted octanol–water partition coefficient (Wildman–Crippen LogP) is 7.93. The van der Waals surface area contributed by atoms with Gasteiger partial charge in [-0.15, -0.1) is 0 Å². The topological polar surface area (TPSA) is 35.5 Å². The maximum atomic E-state index is 14.7. The largest absolute Gasteiger partial charge is 0.407 e. The van der Waals surface area contributed by atoms with Gasteiger partial charge in [-0.05, 0) is 61.9 Å². The first kappa shape index (κ1) is 35.5. The number of hydrogen-bond donors (Lipinski definition) is 0. The Balaban J connectivity index is 1.41. The fourth-order valence-electron chi connectivity index (χ4n) is 8.91. The Bertz CT molecular complexity index is 1610. The summed E-state index contributed by atoms with van der Waals surface area (Å²) in [7, 11) is -5.61. The molecule has 2 aliphatic rings. The first-order chi connectivity index (χ1) is 23.5. The van der Waals surface area contributed by atoms with Gasteiger partial charge in [-0.25, -0.2) is 0 Å². The summed E-state index contributed by atoms with van der Waals surface area (Å²) in [6, 6.07) is 43.3. The minimum absolute atomic E-state index is 0.0573. The molecule has 6 rings (SSSR count). The maximum absolute atomic E-state index is 14.7. The molecule has 4 aromatic carbocycles. The maximum Gasteiger partial charge on any atom is 0.261 e. The molecule has 0 heterocycles. The average Bonchev–Trinajstić information content (AvgIpc) is 3.10. The van der Waals surface area contributed by atoms with Gasteiger partial charge in [-0.3, -0.25) is 4.79 Å². The van der Waals surface area contributed by atoms with Gasteiger partial charge in [0.05, 0.1) is 0 Å². The zero-order valence-electron chi connectivity index (χ0n) is 30.3. The predicted molar refractivity (Wildman–Crippen MR) is 209 cm³/mol. The second-order valence-electron chi connectivity index (χ2n) is 16.3. The quantitative estimate of drug-likeness (QED) is 0.126. The Hall–Kier alpha value is -3.36. The summed E-state index contributed by atoms with van der Waals surface area (Å²) in [5, 5.41) is 4.74. The number of ketones is 1. The van der Waals surface area contributed by atoms with Crippen molar-refractivity contribution in [2.75, 3.05) is 13.2 Å². The van der Waals surface area contributed by atoms with Gasteiger partial charge in [-0.1, -0.05) is 175 Å². The third-order valence-electron chi connectivity index (χ3n) is 11.3. The molecule has 0 aliphatic heterocycles. The van der Waals surface area contributed by atoms with E-state index in [4.69, 9.17) is 8.85 Å². The monoisotopic (exact) mass is 686 g/mol. The lowest BCUT2D eigenvalue weighted by Crippen LogP contribution is -2.68. The molecule has 5 heteroatoms. The van der Waals surface area contributed by atoms with E-state index in [1.165, 1.54) is 20.7 Å². The average molecular weight is 687 g/mol. The van der Waals surface area contributed by atoms with Crippen molar-refractivity contribution in [1.29, 1.82) is 0 Å². The number of Topliss-reactive ketones (excluding diaryl/α,β-unsaturated/α-hetero) is 1. The molecule has 256 valence electrons. The lowest BCUT2D eigenvalue weighted by atomic mass is 9.64. The van der Waals surface area contributed by atoms with Crippen LogP contribution in [0.3, 0.4) is 0 Å². The van der Waals surface area contributed by atoms with E-state index < -0.39 is 16.6 Å². The summed E-state index contributed by atoms with van der Waals surface area (Å²) < 4.78 is 15.1. The second kappa shape index (κ2) is 14.5. The number of allylic oxidation sites excluding steroid dienone is 2. The van der Waals surface area contributed by atoms with Gasteiger partial charge in [-0.2, -0.15) is 0 Å². The van der Waals surface area contributed by atoms with Crippen LogP contribution in [-0.2, 0) is 13.6 Å². The summed E-state index contributed by atoms with van der Waals surface area (Å²) in [4.78, 5) is 14.7. The normalized spacial score (nSPS) is 21.7. The molecule has 3 nitrogen and oxygen atoms in total. The molecule has 0 N–H and O–H groups in total. The fraction of sp³-hybridized carbons (Fsp3) is 0.386. The Morgan fingerprint density at radius 2 is 0.918 bits per heavy atom. The van der Waals surface area contributed by atoms with Crippen LogP contribution >= 0.6 is 0 Å². The van der Waals surface area contributed by atoms with Gasteiger partial charge in [0.15, 0.2) is 0 Å². The second-order valence-corrected chi connectivity index (χ2v) is 24.9. The van der Waals surface area contributed by atoms with Crippen molar-refractivity contribution in [3.63, 3.8) is 0 Å². The molecule has 1 fully saturated rings. The van der Waals surface area contributed by atoms with Gasteiger partial charge in [0.25, 0.3) is 16.6 Å². The van der Waals surface area contributed by atoms with Crippen LogP contribution in [0.1, 0.15) is 60.8 Å². The third kappa shape index (κ3) is 6.75. The number of benzene rings is 4. The summed E-state index contributed by atoms with van der Waals surface area (Å²) in [5.41, 5.74) is 0. The van der Waals surface area contributed by atoms with Crippen molar-refractivity contribution in [2.24, 2.45) is 23.7 Å². The highest BCUT2D eigenvalue weighted by Crippen LogP contribution is 2.45. The minimum atomic E-state index is -2.83. The van der Waals surface area contributed by atoms with Crippen molar-refractivity contribution in [2.45, 2.75) is 70.9 Å². The fourth-order valence-corrected chi connectivity index (χ4v) is 18.1. The highest BCUT2D eigenvalue weighted by molar-refractivity contribution is 7.00. The van der Waals surface area contributed by atoms with Crippen LogP contribution in [-0.4, -0.2) is 35.6 Å². The van der Waals surface area contributed by atoms with Crippen LogP contribution in [0.2, 0.25) is 10.1 Å². The van der Waals surface area contributed by atoms with Crippen LogP contribution in [0.25, 0.3) is 0 Å². The summed E-state index contributed by atoms with van der Waals surface area (Å²) in [6.07, 6.45) is 7.29. The molecular weight excluding hydrogens is 633 g/mol. The number of fused-ring (bicyclic) bond motifs is 1. The van der Waals surface area contributed by atoms with Crippen LogP contribution < -0.4 is 20.7 Å². The van der Waals surface area contributed by atoms with Crippen LogP contribution in [0.5, 0.6) is 0 Å². The Morgan fingerprint density at radius 1 is 0.551 bits per heavy atom. The molecule has 0 aromatic heterocycles. The molecule has 4 atom stereocenters. The molecule has 0 spiro atoms. The number of hydrogen-bond acceptors (Lipinski definition) is 3. The van der Waals surface area contributed by atoms with Gasteiger partial charge in [0.2, 0.25) is 0 Å². The van der Waals surface area contributed by atoms with Gasteiger partial charge < -0.3 is 8.85 Å². The molecule has 1 saturated carbocycles. The molecule has 0 amide bonds. The molecule has 0 bridgehead atoms. The zero-order valence-corrected chi connectivity index (χ0v) is 32.3. The standard InChI is InChI=1S/C44H54O3Si2/c1-43(2,3)48(36-22-11-7-12-23-36,37-24-13-8-14-25-37)46-32-35-31-34-21-19-20-30-40(34)42(45)41(35)33-47-49(44(4,5)6,38-26-15-9-16-27-38)39-28-17-10-18-29-39/h7-20,22-29,34-35,40-41H,21,30-33H2,1-6H3/t34-,35+,40-,41+/m1/s1. The van der Waals surface area contributed by atoms with Gasteiger partial charge in [0, 0.05) is 25.0 Å². The van der Waals surface area contributed by atoms with Crippen LogP contribution in [0.4, 0.5) is 0 Å². The lowest BCUT2D eigenvalue weighted by Gasteiger charge is -2.48. The number of carbonyl (C=O) groups is 1. The molecule has 0 saturated heterocycles. The minimum Gasteiger partial charge on any atom is -0.407 e. The van der Waals surface area contributed by atoms with E-state index >= 15 is 0 Å². The first-order valence-electron chi connectivity index (χ1n) is 18.2. The van der Waals surface area contributed by atoms with Crippen LogP contribution in [0.15, 0.2) is 133 Å². The molecule has 2 aliphatic carbocycles. The molecule has 49 heavy (non-hydrogen) atoms. The zero-order chi connectivity index (χ0) is 34.7. The molecular formula is C44H54O3Si2. The van der Waals surface area contributed by atoms with Crippen molar-refractivity contribution in [3.8, 4) is 0 Å². The summed E-state index contributed by atoms with van der Waals surface area (Å²) in [6.45, 7) is 14.9. The van der Waals surface area contributed by atoms with Crippen LogP contribution in [0, 0.1) is 23.7 Å². The Morgan fingerprint density at radius 3 is 1.31 bits per heavy atom. The Kier molecular flexibility index (Phi) is 10.5. The highest BCUT2D eigenvalue weighted by atomic mass is 28.4. The van der Waals surface area contributed by atoms with Crippen molar-refractivity contribution >= 4 is 43.2 Å². The van der Waals surface area contributed by atoms with Crippen molar-refractivity contribution in [1.82, 2.24) is 0 Å². The van der Waals surface area contributed by atoms with E-state index in [2.05, 4.69) is 175 Å². The number of rotatable bonds is 10. The number of carbonyl (C=O) groups excluding carboxylic acids is 1. The SMILES string of the molecule is CC(C)(C)[Si](OC[C@@H]1C[C@H]2CC=CC[C@H]2C(=O)[C@H]1CO[Si](c1ccccc1)(c1ccccc1)C(C)(C)C)(c1ccccc1)c1ccccc1. The van der Waals surface area contributed by atoms with Crippen molar-refractivity contribution < 1.29 is 13.6 Å². The first-order valence-corrected chi connectivity index (χ1v) is 22.0. The van der Waals surface area contributed by atoms with Gasteiger partial charge in [0.1, 0.15) is 5.78 Å². The van der Waals surface area contributed by atoms with E-state index in [0.717, 1.165) is 19.3 Å². The smallest absolute Gasteiger partial charge is 0.261 e. The summed E-state index contributed by atoms with van der Waals surface area (Å²) in [5.74, 6) is 0.624. The van der Waals surface area contributed by atoms with Crippen molar-refractivity contribution in [3.05, 3.63) is 133 Å². The molecule has 0 radical (unpaired) electrons. The highest BCUT2D eigenvalue weighted by Gasteiger charge is 2.54.